The first-order valence-electron chi connectivity index (χ1n) is 8.50. The van der Waals surface area contributed by atoms with Crippen molar-refractivity contribution in [3.63, 3.8) is 0 Å². The highest BCUT2D eigenvalue weighted by Gasteiger charge is 2.26. The van der Waals surface area contributed by atoms with Crippen LogP contribution in [0, 0.1) is 13.8 Å². The van der Waals surface area contributed by atoms with Gasteiger partial charge in [0.1, 0.15) is 6.54 Å². The molecule has 1 aliphatic rings. The van der Waals surface area contributed by atoms with Crippen LogP contribution in [0.5, 0.6) is 0 Å². The number of rotatable bonds is 5. The van der Waals surface area contributed by atoms with Gasteiger partial charge in [0.25, 0.3) is 5.91 Å². The first-order valence-corrected chi connectivity index (χ1v) is 9.34. The molecule has 2 aromatic rings. The molecular formula is C18H22N4O2S. The smallest absolute Gasteiger partial charge is 0.280 e. The second kappa shape index (κ2) is 7.74. The van der Waals surface area contributed by atoms with Crippen molar-refractivity contribution < 1.29 is 9.59 Å². The van der Waals surface area contributed by atoms with Gasteiger partial charge in [0.2, 0.25) is 5.91 Å². The van der Waals surface area contributed by atoms with Gasteiger partial charge in [0.15, 0.2) is 5.69 Å². The lowest BCUT2D eigenvalue weighted by molar-refractivity contribution is -0.120. The number of anilines is 1. The summed E-state index contributed by atoms with van der Waals surface area (Å²) in [6, 6.07) is 6.05. The van der Waals surface area contributed by atoms with E-state index in [-0.39, 0.29) is 30.1 Å². The van der Waals surface area contributed by atoms with Crippen molar-refractivity contribution in [2.24, 2.45) is 0 Å². The first-order chi connectivity index (χ1) is 12.1. The van der Waals surface area contributed by atoms with Gasteiger partial charge in [-0.15, -0.1) is 5.10 Å². The number of para-hydroxylation sites is 1. The van der Waals surface area contributed by atoms with E-state index in [1.165, 1.54) is 4.90 Å². The van der Waals surface area contributed by atoms with Crippen LogP contribution in [0.3, 0.4) is 0 Å². The van der Waals surface area contributed by atoms with Crippen molar-refractivity contribution in [3.8, 4) is 0 Å². The van der Waals surface area contributed by atoms with E-state index in [4.69, 9.17) is 0 Å². The van der Waals surface area contributed by atoms with Gasteiger partial charge in [0.05, 0.1) is 5.69 Å². The van der Waals surface area contributed by atoms with Gasteiger partial charge in [0, 0.05) is 11.4 Å². The molecule has 25 heavy (non-hydrogen) atoms. The lowest BCUT2D eigenvalue weighted by Crippen LogP contribution is -2.44. The molecule has 1 aromatic carbocycles. The summed E-state index contributed by atoms with van der Waals surface area (Å²) < 4.78 is 3.77. The number of carbonyl (C=O) groups excluding carboxylic acids is 2. The van der Waals surface area contributed by atoms with Crippen molar-refractivity contribution in [1.29, 1.82) is 0 Å². The van der Waals surface area contributed by atoms with Gasteiger partial charge in [-0.3, -0.25) is 14.5 Å². The summed E-state index contributed by atoms with van der Waals surface area (Å²) in [5, 5.41) is 8.54. The number of hydrogen-bond acceptors (Lipinski definition) is 5. The molecule has 1 N–H and O–H groups in total. The van der Waals surface area contributed by atoms with E-state index in [0.29, 0.717) is 0 Å². The zero-order valence-electron chi connectivity index (χ0n) is 14.5. The molecule has 1 aromatic heterocycles. The standard InChI is InChI=1S/C18H22N4O2S/c1-12-6-5-7-13(2)17(12)22(18(24)15-11-25-21-20-15)10-16(23)19-14-8-3-4-9-14/h5-7,11,14H,3-4,8-10H2,1-2H3,(H,19,23). The van der Waals surface area contributed by atoms with Crippen molar-refractivity contribution >= 4 is 29.0 Å². The number of nitrogens with one attached hydrogen (secondary N) is 1. The highest BCUT2D eigenvalue weighted by atomic mass is 32.1. The van der Waals surface area contributed by atoms with Crippen molar-refractivity contribution in [2.75, 3.05) is 11.4 Å². The topological polar surface area (TPSA) is 75.2 Å². The Hall–Kier alpha value is -2.28. The van der Waals surface area contributed by atoms with Crippen molar-refractivity contribution in [1.82, 2.24) is 14.9 Å². The van der Waals surface area contributed by atoms with Gasteiger partial charge in [-0.2, -0.15) is 0 Å². The van der Waals surface area contributed by atoms with E-state index in [9.17, 15) is 9.59 Å². The summed E-state index contributed by atoms with van der Waals surface area (Å²) in [5.41, 5.74) is 2.93. The van der Waals surface area contributed by atoms with E-state index in [1.54, 1.807) is 5.38 Å². The molecule has 1 saturated carbocycles. The Labute approximate surface area is 151 Å². The molecule has 0 radical (unpaired) electrons. The zero-order chi connectivity index (χ0) is 17.8. The summed E-state index contributed by atoms with van der Waals surface area (Å²) in [6.45, 7) is 3.87. The number of hydrogen-bond donors (Lipinski definition) is 1. The van der Waals surface area contributed by atoms with Crippen LogP contribution >= 0.6 is 11.5 Å². The average Bonchev–Trinajstić information content (AvgIpc) is 3.26. The maximum atomic E-state index is 12.9. The van der Waals surface area contributed by atoms with E-state index >= 15 is 0 Å². The number of carbonyl (C=O) groups is 2. The van der Waals surface area contributed by atoms with Crippen molar-refractivity contribution in [3.05, 3.63) is 40.4 Å². The summed E-state index contributed by atoms with van der Waals surface area (Å²) >= 11 is 1.12. The van der Waals surface area contributed by atoms with Crippen LogP contribution in [0.25, 0.3) is 0 Å². The molecule has 3 rings (SSSR count). The third kappa shape index (κ3) is 4.04. The number of amides is 2. The minimum atomic E-state index is -0.298. The van der Waals surface area contributed by atoms with E-state index in [2.05, 4.69) is 14.9 Å². The molecule has 6 nitrogen and oxygen atoms in total. The first kappa shape index (κ1) is 17.5. The van der Waals surface area contributed by atoms with Gasteiger partial charge in [-0.25, -0.2) is 0 Å². The third-order valence-corrected chi connectivity index (χ3v) is 5.06. The average molecular weight is 358 g/mol. The molecule has 0 bridgehead atoms. The Morgan fingerprint density at radius 1 is 1.24 bits per heavy atom. The minimum absolute atomic E-state index is 0.0153. The molecule has 0 unspecified atom stereocenters. The van der Waals surface area contributed by atoms with E-state index in [0.717, 1.165) is 54.0 Å². The Morgan fingerprint density at radius 3 is 2.52 bits per heavy atom. The Balaban J connectivity index is 1.86. The molecular weight excluding hydrogens is 336 g/mol. The Morgan fingerprint density at radius 2 is 1.92 bits per heavy atom. The van der Waals surface area contributed by atoms with Crippen LogP contribution in [0.15, 0.2) is 23.6 Å². The predicted octanol–water partition coefficient (Wildman–Crippen LogP) is 2.86. The lowest BCUT2D eigenvalue weighted by atomic mass is 10.1. The number of nitrogens with zero attached hydrogens (tertiary/aromatic N) is 3. The van der Waals surface area contributed by atoms with Crippen molar-refractivity contribution in [2.45, 2.75) is 45.6 Å². The van der Waals surface area contributed by atoms with Crippen LogP contribution < -0.4 is 10.2 Å². The van der Waals surface area contributed by atoms with E-state index in [1.807, 2.05) is 32.0 Å². The van der Waals surface area contributed by atoms with Crippen LogP contribution in [0.2, 0.25) is 0 Å². The SMILES string of the molecule is Cc1cccc(C)c1N(CC(=O)NC1CCCC1)C(=O)c1csnn1. The quantitative estimate of drug-likeness (QED) is 0.892. The Kier molecular flexibility index (Phi) is 5.43. The fourth-order valence-electron chi connectivity index (χ4n) is 3.37. The zero-order valence-corrected chi connectivity index (χ0v) is 15.3. The van der Waals surface area contributed by atoms with Gasteiger partial charge >= 0.3 is 0 Å². The molecule has 1 aliphatic carbocycles. The molecule has 2 amide bonds. The summed E-state index contributed by atoms with van der Waals surface area (Å²) in [6.07, 6.45) is 4.32. The predicted molar refractivity (Wildman–Crippen MR) is 97.9 cm³/mol. The summed E-state index contributed by atoms with van der Waals surface area (Å²) in [4.78, 5) is 27.0. The van der Waals surface area contributed by atoms with Crippen LogP contribution in [-0.4, -0.2) is 34.0 Å². The molecule has 7 heteroatoms. The number of benzene rings is 1. The fraction of sp³-hybridized carbons (Fsp3) is 0.444. The number of aryl methyl sites for hydroxylation is 2. The summed E-state index contributed by atoms with van der Waals surface area (Å²) in [7, 11) is 0. The van der Waals surface area contributed by atoms with Crippen LogP contribution in [0.1, 0.15) is 47.3 Å². The van der Waals surface area contributed by atoms with Gasteiger partial charge in [-0.05, 0) is 49.3 Å². The lowest BCUT2D eigenvalue weighted by Gasteiger charge is -2.25. The Bertz CT molecular complexity index is 734. The highest BCUT2D eigenvalue weighted by Crippen LogP contribution is 2.26. The second-order valence-electron chi connectivity index (χ2n) is 6.47. The molecule has 0 aliphatic heterocycles. The van der Waals surface area contributed by atoms with E-state index < -0.39 is 0 Å². The minimum Gasteiger partial charge on any atom is -0.352 e. The molecule has 0 atom stereocenters. The van der Waals surface area contributed by atoms with Crippen LogP contribution in [0.4, 0.5) is 5.69 Å². The molecule has 1 fully saturated rings. The fourth-order valence-corrected chi connectivity index (χ4v) is 3.80. The third-order valence-electron chi connectivity index (χ3n) is 4.56. The molecule has 0 spiro atoms. The second-order valence-corrected chi connectivity index (χ2v) is 7.08. The monoisotopic (exact) mass is 358 g/mol. The maximum Gasteiger partial charge on any atom is 0.280 e. The van der Waals surface area contributed by atoms with Crippen LogP contribution in [-0.2, 0) is 4.79 Å². The molecule has 0 saturated heterocycles. The number of aromatic nitrogens is 2. The van der Waals surface area contributed by atoms with Gasteiger partial charge in [-0.1, -0.05) is 35.5 Å². The van der Waals surface area contributed by atoms with Gasteiger partial charge < -0.3 is 5.32 Å². The normalized spacial score (nSPS) is 14.5. The molecule has 132 valence electrons. The largest absolute Gasteiger partial charge is 0.352 e. The molecule has 1 heterocycles. The summed E-state index contributed by atoms with van der Waals surface area (Å²) in [5.74, 6) is -0.432. The maximum absolute atomic E-state index is 12.9. The highest BCUT2D eigenvalue weighted by molar-refractivity contribution is 7.03.